The molecule has 0 spiro atoms. The van der Waals surface area contributed by atoms with Crippen LogP contribution in [-0.4, -0.2) is 53.7 Å². The second kappa shape index (κ2) is 6.92. The van der Waals surface area contributed by atoms with Gasteiger partial charge in [-0.25, -0.2) is 4.99 Å². The van der Waals surface area contributed by atoms with E-state index in [1.807, 2.05) is 54.9 Å². The van der Waals surface area contributed by atoms with Crippen LogP contribution in [0.15, 0.2) is 47.7 Å². The second-order valence-corrected chi connectivity index (χ2v) is 5.43. The van der Waals surface area contributed by atoms with Gasteiger partial charge in [0.1, 0.15) is 0 Å². The van der Waals surface area contributed by atoms with Crippen LogP contribution in [0.25, 0.3) is 0 Å². The van der Waals surface area contributed by atoms with Crippen molar-refractivity contribution in [3.8, 4) is 0 Å². The Labute approximate surface area is 126 Å². The van der Waals surface area contributed by atoms with E-state index in [1.54, 1.807) is 6.20 Å². The number of benzene rings is 1. The first-order chi connectivity index (χ1) is 10.1. The minimum atomic E-state index is 0.688. The molecule has 1 aromatic carbocycles. The van der Waals surface area contributed by atoms with Crippen molar-refractivity contribution in [1.29, 1.82) is 0 Å². The third-order valence-electron chi connectivity index (χ3n) is 3.13. The summed E-state index contributed by atoms with van der Waals surface area (Å²) in [6, 6.07) is 10.5. The lowest BCUT2D eigenvalue weighted by Gasteiger charge is -2.22. The molecule has 2 rings (SSSR count). The fourth-order valence-corrected chi connectivity index (χ4v) is 2.18. The molecule has 0 saturated carbocycles. The van der Waals surface area contributed by atoms with Crippen LogP contribution in [0.2, 0.25) is 0 Å². The van der Waals surface area contributed by atoms with E-state index in [0.717, 1.165) is 12.5 Å². The Morgan fingerprint density at radius 3 is 2.19 bits per heavy atom. The van der Waals surface area contributed by atoms with E-state index in [-0.39, 0.29) is 0 Å². The van der Waals surface area contributed by atoms with Crippen LogP contribution in [0.4, 0.5) is 0 Å². The summed E-state index contributed by atoms with van der Waals surface area (Å²) >= 11 is 0. The number of rotatable bonds is 4. The van der Waals surface area contributed by atoms with Gasteiger partial charge in [0.2, 0.25) is 0 Å². The Morgan fingerprint density at radius 1 is 1.05 bits per heavy atom. The fraction of sp³-hybridized carbons (Fsp3) is 0.375. The molecule has 0 aliphatic rings. The zero-order valence-electron chi connectivity index (χ0n) is 13.2. The van der Waals surface area contributed by atoms with Gasteiger partial charge < -0.3 is 9.80 Å². The Balaban J connectivity index is 2.00. The van der Waals surface area contributed by atoms with Gasteiger partial charge in [0.05, 0.1) is 13.1 Å². The molecule has 0 aliphatic heterocycles. The average Bonchev–Trinajstić information content (AvgIpc) is 2.93. The third kappa shape index (κ3) is 4.34. The quantitative estimate of drug-likeness (QED) is 0.636. The molecule has 0 atom stereocenters. The largest absolute Gasteiger partial charge is 0.349 e. The van der Waals surface area contributed by atoms with Gasteiger partial charge in [-0.1, -0.05) is 24.3 Å². The molecule has 5 nitrogen and oxygen atoms in total. The van der Waals surface area contributed by atoms with Crippen molar-refractivity contribution in [3.05, 3.63) is 53.9 Å². The number of aliphatic imine (C=N–C) groups is 1. The number of aromatic nitrogens is 2. The lowest BCUT2D eigenvalue weighted by atomic mass is 10.1. The summed E-state index contributed by atoms with van der Waals surface area (Å²) in [6.07, 6.45) is 3.77. The van der Waals surface area contributed by atoms with Crippen LogP contribution >= 0.6 is 0 Å². The minimum absolute atomic E-state index is 0.688. The smallest absolute Gasteiger partial charge is 0.195 e. The normalized spacial score (nSPS) is 10.3. The van der Waals surface area contributed by atoms with Crippen molar-refractivity contribution in [2.24, 2.45) is 4.99 Å². The molecular weight excluding hydrogens is 262 g/mol. The molecule has 1 aromatic heterocycles. The van der Waals surface area contributed by atoms with Gasteiger partial charge in [0.15, 0.2) is 5.96 Å². The molecule has 0 radical (unpaired) electrons. The van der Waals surface area contributed by atoms with Crippen LogP contribution in [0.5, 0.6) is 0 Å². The van der Waals surface area contributed by atoms with Crippen LogP contribution in [-0.2, 0) is 13.1 Å². The number of guanidine groups is 1. The van der Waals surface area contributed by atoms with Gasteiger partial charge in [-0.15, -0.1) is 0 Å². The molecule has 1 heterocycles. The summed E-state index contributed by atoms with van der Waals surface area (Å²) < 4.78 is 1.92. The van der Waals surface area contributed by atoms with E-state index in [4.69, 9.17) is 0 Å². The molecule has 0 fully saturated rings. The lowest BCUT2D eigenvalue weighted by Crippen LogP contribution is -2.35. The predicted octanol–water partition coefficient (Wildman–Crippen LogP) is 1.91. The molecule has 0 unspecified atom stereocenters. The highest BCUT2D eigenvalue weighted by Gasteiger charge is 2.03. The molecule has 0 bridgehead atoms. The highest BCUT2D eigenvalue weighted by molar-refractivity contribution is 5.79. The standard InChI is InChI=1S/C16H23N5/c1-19(2)16(20(3)4)17-12-14-6-8-15(9-7-14)13-21-11-5-10-18-21/h5-11H,12-13H2,1-4H3. The highest BCUT2D eigenvalue weighted by Crippen LogP contribution is 2.08. The summed E-state index contributed by atoms with van der Waals surface area (Å²) in [5.74, 6) is 0.968. The molecule has 0 aliphatic carbocycles. The maximum atomic E-state index is 4.65. The fourth-order valence-electron chi connectivity index (χ4n) is 2.18. The van der Waals surface area contributed by atoms with E-state index in [9.17, 15) is 0 Å². The first kappa shape index (κ1) is 15.1. The van der Waals surface area contributed by atoms with Crippen LogP contribution in [0, 0.1) is 0 Å². The van der Waals surface area contributed by atoms with Crippen molar-refractivity contribution in [3.63, 3.8) is 0 Å². The van der Waals surface area contributed by atoms with E-state index in [0.29, 0.717) is 6.54 Å². The van der Waals surface area contributed by atoms with Crippen LogP contribution < -0.4 is 0 Å². The van der Waals surface area contributed by atoms with Crippen molar-refractivity contribution in [2.75, 3.05) is 28.2 Å². The molecule has 2 aromatic rings. The second-order valence-electron chi connectivity index (χ2n) is 5.43. The summed E-state index contributed by atoms with van der Waals surface area (Å²) in [6.45, 7) is 1.49. The monoisotopic (exact) mass is 285 g/mol. The highest BCUT2D eigenvalue weighted by atomic mass is 15.3. The summed E-state index contributed by atoms with van der Waals surface area (Å²) in [7, 11) is 8.02. The number of hydrogen-bond acceptors (Lipinski definition) is 2. The Bertz CT molecular complexity index is 557. The minimum Gasteiger partial charge on any atom is -0.349 e. The zero-order chi connectivity index (χ0) is 15.2. The zero-order valence-corrected chi connectivity index (χ0v) is 13.2. The van der Waals surface area contributed by atoms with Crippen molar-refractivity contribution < 1.29 is 0 Å². The van der Waals surface area contributed by atoms with E-state index in [1.165, 1.54) is 11.1 Å². The molecule has 0 saturated heterocycles. The predicted molar refractivity (Wildman–Crippen MR) is 86.3 cm³/mol. The van der Waals surface area contributed by atoms with Gasteiger partial charge in [-0.3, -0.25) is 4.68 Å². The van der Waals surface area contributed by atoms with Gasteiger partial charge in [0.25, 0.3) is 0 Å². The maximum Gasteiger partial charge on any atom is 0.195 e. The first-order valence-electron chi connectivity index (χ1n) is 7.00. The first-order valence-corrected chi connectivity index (χ1v) is 7.00. The van der Waals surface area contributed by atoms with Crippen molar-refractivity contribution in [1.82, 2.24) is 19.6 Å². The lowest BCUT2D eigenvalue weighted by molar-refractivity contribution is 0.479. The van der Waals surface area contributed by atoms with Gasteiger partial charge in [-0.05, 0) is 17.2 Å². The van der Waals surface area contributed by atoms with Gasteiger partial charge in [0, 0.05) is 40.6 Å². The maximum absolute atomic E-state index is 4.65. The molecule has 0 amide bonds. The van der Waals surface area contributed by atoms with E-state index in [2.05, 4.69) is 34.4 Å². The van der Waals surface area contributed by atoms with Crippen LogP contribution in [0.1, 0.15) is 11.1 Å². The molecule has 112 valence electrons. The topological polar surface area (TPSA) is 36.7 Å². The summed E-state index contributed by atoms with van der Waals surface area (Å²) in [5.41, 5.74) is 2.45. The summed E-state index contributed by atoms with van der Waals surface area (Å²) in [5, 5.41) is 4.22. The van der Waals surface area contributed by atoms with Crippen molar-refractivity contribution in [2.45, 2.75) is 13.1 Å². The summed E-state index contributed by atoms with van der Waals surface area (Å²) in [4.78, 5) is 8.69. The van der Waals surface area contributed by atoms with E-state index < -0.39 is 0 Å². The molecule has 21 heavy (non-hydrogen) atoms. The Hall–Kier alpha value is -2.30. The average molecular weight is 285 g/mol. The Kier molecular flexibility index (Phi) is 4.98. The SMILES string of the molecule is CN(C)C(=NCc1ccc(Cn2cccn2)cc1)N(C)C. The van der Waals surface area contributed by atoms with Crippen LogP contribution in [0.3, 0.4) is 0 Å². The molecule has 0 N–H and O–H groups in total. The van der Waals surface area contributed by atoms with E-state index >= 15 is 0 Å². The number of nitrogens with zero attached hydrogens (tertiary/aromatic N) is 5. The molecule has 5 heteroatoms. The van der Waals surface area contributed by atoms with Gasteiger partial charge >= 0.3 is 0 Å². The Morgan fingerprint density at radius 2 is 1.67 bits per heavy atom. The molecular formula is C16H23N5. The number of hydrogen-bond donors (Lipinski definition) is 0. The third-order valence-corrected chi connectivity index (χ3v) is 3.13. The van der Waals surface area contributed by atoms with Gasteiger partial charge in [-0.2, -0.15) is 5.10 Å². The van der Waals surface area contributed by atoms with Crippen molar-refractivity contribution >= 4 is 5.96 Å².